The van der Waals surface area contributed by atoms with Gasteiger partial charge < -0.3 is 14.0 Å². The van der Waals surface area contributed by atoms with E-state index in [-0.39, 0.29) is 6.10 Å². The Morgan fingerprint density at radius 3 is 2.90 bits per heavy atom. The van der Waals surface area contributed by atoms with Crippen LogP contribution < -0.4 is 16.0 Å². The predicted molar refractivity (Wildman–Crippen MR) is 123 cm³/mol. The molecule has 9 heteroatoms. The van der Waals surface area contributed by atoms with Crippen molar-refractivity contribution < 1.29 is 9.47 Å². The standard InChI is InChI=1S/C22H25BN6O2/c1-14-12-28(13-25-14)19-8-7-18(27-22(19)30-3)15(2)26-21-20(31-10-9-29(21)24)16-5-4-6-17(23)11-16/h4-8,11-13,20H,2,9-10,23-24H2,1,3H3/b26-21-/t20-/m0/s1. The zero-order valence-corrected chi connectivity index (χ0v) is 17.9. The fourth-order valence-corrected chi connectivity index (χ4v) is 3.50. The van der Waals surface area contributed by atoms with Gasteiger partial charge in [-0.05, 0) is 24.6 Å². The van der Waals surface area contributed by atoms with Gasteiger partial charge in [-0.2, -0.15) is 0 Å². The molecule has 3 heterocycles. The smallest absolute Gasteiger partial charge is 0.238 e. The second kappa shape index (κ2) is 8.75. The second-order valence-corrected chi connectivity index (χ2v) is 7.42. The lowest BCUT2D eigenvalue weighted by Crippen LogP contribution is -2.48. The first-order valence-electron chi connectivity index (χ1n) is 10.0. The number of aliphatic imine (C=N–C) groups is 1. The van der Waals surface area contributed by atoms with Gasteiger partial charge in [0.05, 0.1) is 43.7 Å². The van der Waals surface area contributed by atoms with E-state index in [9.17, 15) is 0 Å². The van der Waals surface area contributed by atoms with Crippen LogP contribution in [0.25, 0.3) is 11.4 Å². The average molecular weight is 416 g/mol. The monoisotopic (exact) mass is 416 g/mol. The maximum Gasteiger partial charge on any atom is 0.238 e. The molecule has 2 aromatic heterocycles. The normalized spacial score (nSPS) is 17.7. The lowest BCUT2D eigenvalue weighted by Gasteiger charge is -2.33. The van der Waals surface area contributed by atoms with Crippen molar-refractivity contribution in [2.45, 2.75) is 13.0 Å². The van der Waals surface area contributed by atoms with Gasteiger partial charge in [-0.15, -0.1) is 0 Å². The van der Waals surface area contributed by atoms with Crippen molar-refractivity contribution in [2.75, 3.05) is 20.3 Å². The van der Waals surface area contributed by atoms with E-state index in [4.69, 9.17) is 20.3 Å². The number of methoxy groups -OCH3 is 1. The van der Waals surface area contributed by atoms with Crippen LogP contribution >= 0.6 is 0 Å². The van der Waals surface area contributed by atoms with Gasteiger partial charge in [0, 0.05) is 6.20 Å². The summed E-state index contributed by atoms with van der Waals surface area (Å²) in [5, 5.41) is 1.61. The van der Waals surface area contributed by atoms with Crippen LogP contribution in [0.3, 0.4) is 0 Å². The molecular formula is C22H25BN6O2. The Labute approximate surface area is 182 Å². The highest BCUT2D eigenvalue weighted by Crippen LogP contribution is 2.27. The number of ether oxygens (including phenoxy) is 2. The Bertz CT molecular complexity index is 1140. The maximum atomic E-state index is 6.26. The van der Waals surface area contributed by atoms with Crippen LogP contribution in [0.2, 0.25) is 0 Å². The minimum absolute atomic E-state index is 0.370. The first kappa shape index (κ1) is 20.8. The number of hydrazine groups is 1. The molecule has 1 saturated heterocycles. The second-order valence-electron chi connectivity index (χ2n) is 7.42. The van der Waals surface area contributed by atoms with E-state index in [0.717, 1.165) is 22.4 Å². The van der Waals surface area contributed by atoms with Crippen LogP contribution in [0, 0.1) is 6.92 Å². The van der Waals surface area contributed by atoms with Gasteiger partial charge in [0.15, 0.2) is 5.84 Å². The highest BCUT2D eigenvalue weighted by atomic mass is 16.5. The zero-order valence-electron chi connectivity index (χ0n) is 17.9. The van der Waals surface area contributed by atoms with Gasteiger partial charge in [-0.3, -0.25) is 5.01 Å². The highest BCUT2D eigenvalue weighted by Gasteiger charge is 2.28. The summed E-state index contributed by atoms with van der Waals surface area (Å²) in [4.78, 5) is 13.6. The molecule has 0 spiro atoms. The van der Waals surface area contributed by atoms with Gasteiger partial charge in [0.1, 0.15) is 19.6 Å². The highest BCUT2D eigenvalue weighted by molar-refractivity contribution is 6.32. The van der Waals surface area contributed by atoms with Crippen molar-refractivity contribution in [3.05, 3.63) is 72.5 Å². The number of aromatic nitrogens is 3. The summed E-state index contributed by atoms with van der Waals surface area (Å²) in [6, 6.07) is 11.9. The molecule has 1 aliphatic heterocycles. The molecule has 3 aromatic rings. The van der Waals surface area contributed by atoms with Crippen LogP contribution in [0.5, 0.6) is 5.88 Å². The van der Waals surface area contributed by atoms with E-state index in [1.54, 1.807) is 18.4 Å². The van der Waals surface area contributed by atoms with E-state index in [2.05, 4.69) is 22.6 Å². The van der Waals surface area contributed by atoms with E-state index < -0.39 is 0 Å². The van der Waals surface area contributed by atoms with Crippen LogP contribution in [0.1, 0.15) is 23.1 Å². The third-order valence-corrected chi connectivity index (χ3v) is 5.06. The van der Waals surface area contributed by atoms with Gasteiger partial charge in [0.2, 0.25) is 5.88 Å². The molecule has 0 radical (unpaired) electrons. The lowest BCUT2D eigenvalue weighted by atomic mass is 9.92. The largest absolute Gasteiger partial charge is 0.479 e. The SMILES string of the molecule is Bc1cccc([C@@H]2OCCN(N)/C2=N\C(=C)c2ccc(-n3cnc(C)c3)c(OC)n2)c1. The van der Waals surface area contributed by atoms with E-state index in [1.165, 1.54) is 0 Å². The Balaban J connectivity index is 1.67. The minimum atomic E-state index is -0.370. The summed E-state index contributed by atoms with van der Waals surface area (Å²) in [5.74, 6) is 7.30. The first-order valence-corrected chi connectivity index (χ1v) is 10.0. The molecule has 1 atom stereocenters. The molecule has 1 aliphatic rings. The number of imidazole rings is 1. The topological polar surface area (TPSA) is 90.8 Å². The fourth-order valence-electron chi connectivity index (χ4n) is 3.50. The van der Waals surface area contributed by atoms with Crippen molar-refractivity contribution in [1.29, 1.82) is 0 Å². The first-order chi connectivity index (χ1) is 15.0. The Morgan fingerprint density at radius 1 is 1.35 bits per heavy atom. The number of morpholine rings is 1. The summed E-state index contributed by atoms with van der Waals surface area (Å²) >= 11 is 0. The molecule has 0 saturated carbocycles. The maximum absolute atomic E-state index is 6.26. The van der Waals surface area contributed by atoms with E-state index in [0.29, 0.717) is 36.3 Å². The van der Waals surface area contributed by atoms with Crippen molar-refractivity contribution in [3.8, 4) is 11.6 Å². The molecule has 0 bridgehead atoms. The molecule has 1 fully saturated rings. The molecule has 0 unspecified atom stereocenters. The zero-order chi connectivity index (χ0) is 22.0. The molecular weight excluding hydrogens is 391 g/mol. The average Bonchev–Trinajstić information content (AvgIpc) is 3.20. The molecule has 2 N–H and O–H groups in total. The Morgan fingerprint density at radius 2 is 2.19 bits per heavy atom. The number of nitrogens with two attached hydrogens (primary N) is 1. The van der Waals surface area contributed by atoms with Crippen molar-refractivity contribution in [2.24, 2.45) is 10.8 Å². The van der Waals surface area contributed by atoms with Gasteiger partial charge in [0.25, 0.3) is 0 Å². The lowest BCUT2D eigenvalue weighted by molar-refractivity contribution is 0.0506. The van der Waals surface area contributed by atoms with Gasteiger partial charge in [-0.25, -0.2) is 20.8 Å². The molecule has 4 rings (SSSR count). The quantitative estimate of drug-likeness (QED) is 0.496. The summed E-state index contributed by atoms with van der Waals surface area (Å²) in [6.07, 6.45) is 3.26. The number of nitrogens with zero attached hydrogens (tertiary/aromatic N) is 5. The summed E-state index contributed by atoms with van der Waals surface area (Å²) in [5.41, 5.74) is 4.89. The van der Waals surface area contributed by atoms with E-state index in [1.807, 2.05) is 55.9 Å². The molecule has 0 amide bonds. The fraction of sp³-hybridized carbons (Fsp3) is 0.227. The number of aryl methyl sites for hydroxylation is 1. The predicted octanol–water partition coefficient (Wildman–Crippen LogP) is 1.16. The van der Waals surface area contributed by atoms with Crippen LogP contribution in [0.4, 0.5) is 0 Å². The molecule has 158 valence electrons. The Kier molecular flexibility index (Phi) is 5.88. The molecule has 0 aliphatic carbocycles. The number of benzene rings is 1. The number of hydrogen-bond acceptors (Lipinski definition) is 6. The van der Waals surface area contributed by atoms with Crippen molar-refractivity contribution in [3.63, 3.8) is 0 Å². The Hall–Kier alpha value is -3.43. The van der Waals surface area contributed by atoms with Crippen molar-refractivity contribution in [1.82, 2.24) is 19.5 Å². The summed E-state index contributed by atoms with van der Waals surface area (Å²) in [6.45, 7) is 7.11. The van der Waals surface area contributed by atoms with Gasteiger partial charge in [-0.1, -0.05) is 36.3 Å². The molecule has 31 heavy (non-hydrogen) atoms. The van der Waals surface area contributed by atoms with Gasteiger partial charge >= 0.3 is 0 Å². The number of rotatable bonds is 5. The van der Waals surface area contributed by atoms with Crippen LogP contribution in [-0.4, -0.2) is 53.5 Å². The number of hydrogen-bond donors (Lipinski definition) is 1. The summed E-state index contributed by atoms with van der Waals surface area (Å²) < 4.78 is 13.4. The van der Waals surface area contributed by atoms with Crippen LogP contribution in [0.15, 0.2) is 60.5 Å². The van der Waals surface area contributed by atoms with Crippen molar-refractivity contribution >= 4 is 24.8 Å². The minimum Gasteiger partial charge on any atom is -0.479 e. The third kappa shape index (κ3) is 4.37. The summed E-state index contributed by atoms with van der Waals surface area (Å²) in [7, 11) is 3.63. The number of pyridine rings is 1. The molecule has 8 nitrogen and oxygen atoms in total. The van der Waals surface area contributed by atoms with Crippen LogP contribution in [-0.2, 0) is 4.74 Å². The number of amidine groups is 1. The molecule has 1 aromatic carbocycles. The third-order valence-electron chi connectivity index (χ3n) is 5.06. The van der Waals surface area contributed by atoms with E-state index >= 15 is 0 Å².